The third-order valence-corrected chi connectivity index (χ3v) is 3.50. The largest absolute Gasteiger partial charge is 0.416 e. The van der Waals surface area contributed by atoms with Gasteiger partial charge in [0.05, 0.1) is 5.56 Å². The second-order valence-corrected chi connectivity index (χ2v) is 5.33. The van der Waals surface area contributed by atoms with Gasteiger partial charge >= 0.3 is 6.18 Å². The Morgan fingerprint density at radius 3 is 2.26 bits per heavy atom. The van der Waals surface area contributed by atoms with Crippen LogP contribution in [-0.4, -0.2) is 14.8 Å². The molecule has 1 heterocycles. The van der Waals surface area contributed by atoms with Crippen molar-refractivity contribution < 1.29 is 13.2 Å². The third-order valence-electron chi connectivity index (χ3n) is 3.50. The highest BCUT2D eigenvalue weighted by molar-refractivity contribution is 5.61. The second kappa shape index (κ2) is 5.53. The lowest BCUT2D eigenvalue weighted by atomic mass is 10.1. The van der Waals surface area contributed by atoms with Crippen LogP contribution in [0.1, 0.15) is 17.0 Å². The van der Waals surface area contributed by atoms with E-state index < -0.39 is 11.7 Å². The summed E-state index contributed by atoms with van der Waals surface area (Å²) in [6.45, 7) is 3.40. The van der Waals surface area contributed by atoms with E-state index in [4.69, 9.17) is 0 Å². The molecule has 2 aromatic carbocycles. The number of hydrogen-bond donors (Lipinski definition) is 0. The maximum atomic E-state index is 13.0. The van der Waals surface area contributed by atoms with Gasteiger partial charge in [-0.2, -0.15) is 13.2 Å². The summed E-state index contributed by atoms with van der Waals surface area (Å²) >= 11 is 0. The number of benzene rings is 2. The van der Waals surface area contributed by atoms with Crippen molar-refractivity contribution in [3.8, 4) is 17.1 Å². The molecule has 0 aliphatic rings. The first-order valence-electron chi connectivity index (χ1n) is 7.03. The van der Waals surface area contributed by atoms with E-state index in [-0.39, 0.29) is 0 Å². The maximum Gasteiger partial charge on any atom is 0.416 e. The van der Waals surface area contributed by atoms with Crippen molar-refractivity contribution in [3.05, 3.63) is 65.5 Å². The molecule has 0 fully saturated rings. The van der Waals surface area contributed by atoms with E-state index in [1.807, 2.05) is 30.3 Å². The van der Waals surface area contributed by atoms with Crippen molar-refractivity contribution in [2.75, 3.05) is 0 Å². The van der Waals surface area contributed by atoms with Crippen LogP contribution in [0.5, 0.6) is 0 Å². The standard InChI is InChI=1S/C17H14F3N3/c1-11-8-13(10-14(9-11)17(18,19)20)16-22-21-12(2)23(16)15-6-4-3-5-7-15/h3-10H,1-2H3. The highest BCUT2D eigenvalue weighted by Gasteiger charge is 2.31. The molecule has 0 spiro atoms. The Morgan fingerprint density at radius 2 is 1.61 bits per heavy atom. The summed E-state index contributed by atoms with van der Waals surface area (Å²) in [6, 6.07) is 13.2. The molecule has 118 valence electrons. The molecule has 3 aromatic rings. The molecule has 6 heteroatoms. The summed E-state index contributed by atoms with van der Waals surface area (Å²) in [5, 5.41) is 8.09. The number of rotatable bonds is 2. The fraction of sp³-hybridized carbons (Fsp3) is 0.176. The molecular formula is C17H14F3N3. The lowest BCUT2D eigenvalue weighted by molar-refractivity contribution is -0.137. The van der Waals surface area contributed by atoms with E-state index in [9.17, 15) is 13.2 Å². The average Bonchev–Trinajstić information content (AvgIpc) is 2.88. The Balaban J connectivity index is 2.20. The normalized spacial score (nSPS) is 11.7. The smallest absolute Gasteiger partial charge is 0.279 e. The van der Waals surface area contributed by atoms with Crippen LogP contribution in [0.4, 0.5) is 13.2 Å². The van der Waals surface area contributed by atoms with Gasteiger partial charge in [-0.05, 0) is 49.7 Å². The molecule has 0 saturated carbocycles. The van der Waals surface area contributed by atoms with E-state index in [0.29, 0.717) is 22.8 Å². The summed E-state index contributed by atoms with van der Waals surface area (Å²) in [4.78, 5) is 0. The highest BCUT2D eigenvalue weighted by atomic mass is 19.4. The zero-order valence-corrected chi connectivity index (χ0v) is 12.6. The summed E-state index contributed by atoms with van der Waals surface area (Å²) in [5.41, 5.74) is 1.03. The van der Waals surface area contributed by atoms with Gasteiger partial charge in [-0.25, -0.2) is 0 Å². The van der Waals surface area contributed by atoms with E-state index in [2.05, 4.69) is 10.2 Å². The number of nitrogens with zero attached hydrogens (tertiary/aromatic N) is 3. The van der Waals surface area contributed by atoms with Gasteiger partial charge in [0.1, 0.15) is 5.82 Å². The topological polar surface area (TPSA) is 30.7 Å². The predicted octanol–water partition coefficient (Wildman–Crippen LogP) is 4.57. The van der Waals surface area contributed by atoms with E-state index in [0.717, 1.165) is 17.8 Å². The monoisotopic (exact) mass is 317 g/mol. The minimum atomic E-state index is -4.40. The Hall–Kier alpha value is -2.63. The molecule has 0 radical (unpaired) electrons. The summed E-state index contributed by atoms with van der Waals surface area (Å²) in [7, 11) is 0. The summed E-state index contributed by atoms with van der Waals surface area (Å²) in [6.07, 6.45) is -4.40. The molecule has 0 N–H and O–H groups in total. The lowest BCUT2D eigenvalue weighted by Crippen LogP contribution is -2.06. The van der Waals surface area contributed by atoms with Gasteiger partial charge in [0, 0.05) is 11.3 Å². The first-order valence-corrected chi connectivity index (χ1v) is 7.03. The molecule has 1 aromatic heterocycles. The van der Waals surface area contributed by atoms with Gasteiger partial charge < -0.3 is 0 Å². The van der Waals surface area contributed by atoms with Crippen molar-refractivity contribution in [3.63, 3.8) is 0 Å². The van der Waals surface area contributed by atoms with Crippen molar-refractivity contribution in [2.45, 2.75) is 20.0 Å². The molecule has 0 saturated heterocycles. The van der Waals surface area contributed by atoms with E-state index >= 15 is 0 Å². The molecule has 0 amide bonds. The van der Waals surface area contributed by atoms with Gasteiger partial charge in [0.25, 0.3) is 0 Å². The SMILES string of the molecule is Cc1cc(-c2nnc(C)n2-c2ccccc2)cc(C(F)(F)F)c1. The van der Waals surface area contributed by atoms with Crippen LogP contribution in [0, 0.1) is 13.8 Å². The maximum absolute atomic E-state index is 13.0. The predicted molar refractivity (Wildman–Crippen MR) is 81.3 cm³/mol. The van der Waals surface area contributed by atoms with Crippen molar-refractivity contribution in [1.82, 2.24) is 14.8 Å². The fourth-order valence-electron chi connectivity index (χ4n) is 2.51. The molecule has 0 unspecified atom stereocenters. The molecule has 0 bridgehead atoms. The molecule has 3 rings (SSSR count). The van der Waals surface area contributed by atoms with Crippen LogP contribution in [0.3, 0.4) is 0 Å². The number of para-hydroxylation sites is 1. The number of aromatic nitrogens is 3. The van der Waals surface area contributed by atoms with Crippen LogP contribution >= 0.6 is 0 Å². The van der Waals surface area contributed by atoms with Crippen molar-refractivity contribution >= 4 is 0 Å². The van der Waals surface area contributed by atoms with Gasteiger partial charge in [-0.1, -0.05) is 18.2 Å². The van der Waals surface area contributed by atoms with E-state index in [1.54, 1.807) is 24.5 Å². The molecular weight excluding hydrogens is 303 g/mol. The van der Waals surface area contributed by atoms with Crippen LogP contribution in [0.2, 0.25) is 0 Å². The van der Waals surface area contributed by atoms with Crippen molar-refractivity contribution in [2.24, 2.45) is 0 Å². The number of aryl methyl sites for hydroxylation is 2. The van der Waals surface area contributed by atoms with Gasteiger partial charge in [-0.3, -0.25) is 4.57 Å². The Morgan fingerprint density at radius 1 is 0.913 bits per heavy atom. The number of halogens is 3. The lowest BCUT2D eigenvalue weighted by Gasteiger charge is -2.12. The highest BCUT2D eigenvalue weighted by Crippen LogP contribution is 2.33. The first-order chi connectivity index (χ1) is 10.9. The van der Waals surface area contributed by atoms with E-state index in [1.165, 1.54) is 0 Å². The summed E-state index contributed by atoms with van der Waals surface area (Å²) < 4.78 is 40.9. The van der Waals surface area contributed by atoms with Gasteiger partial charge in [-0.15, -0.1) is 10.2 Å². The zero-order valence-electron chi connectivity index (χ0n) is 12.6. The fourth-order valence-corrected chi connectivity index (χ4v) is 2.51. The molecule has 3 nitrogen and oxygen atoms in total. The number of hydrogen-bond acceptors (Lipinski definition) is 2. The molecule has 0 aliphatic heterocycles. The third kappa shape index (κ3) is 2.97. The second-order valence-electron chi connectivity index (χ2n) is 5.33. The Labute approximate surface area is 131 Å². The quantitative estimate of drug-likeness (QED) is 0.693. The first kappa shape index (κ1) is 15.3. The number of alkyl halides is 3. The Kier molecular flexibility index (Phi) is 3.67. The van der Waals surface area contributed by atoms with Crippen LogP contribution in [0.25, 0.3) is 17.1 Å². The minimum absolute atomic E-state index is 0.391. The van der Waals surface area contributed by atoms with Gasteiger partial charge in [0.2, 0.25) is 0 Å². The molecule has 0 aliphatic carbocycles. The Bertz CT molecular complexity index is 836. The average molecular weight is 317 g/mol. The van der Waals surface area contributed by atoms with Crippen molar-refractivity contribution in [1.29, 1.82) is 0 Å². The summed E-state index contributed by atoms with van der Waals surface area (Å²) in [5.74, 6) is 1.00. The molecule has 0 atom stereocenters. The van der Waals surface area contributed by atoms with Crippen LogP contribution in [0.15, 0.2) is 48.5 Å². The minimum Gasteiger partial charge on any atom is -0.279 e. The molecule has 23 heavy (non-hydrogen) atoms. The van der Waals surface area contributed by atoms with Crippen LogP contribution < -0.4 is 0 Å². The van der Waals surface area contributed by atoms with Gasteiger partial charge in [0.15, 0.2) is 5.82 Å². The zero-order chi connectivity index (χ0) is 16.6. The van der Waals surface area contributed by atoms with Crippen LogP contribution in [-0.2, 0) is 6.18 Å².